The molecule has 1 saturated heterocycles. The molecule has 1 fully saturated rings. The minimum absolute atomic E-state index is 0.0191. The molecular weight excluding hydrogens is 378 g/mol. The van der Waals surface area contributed by atoms with E-state index >= 15 is 0 Å². The topological polar surface area (TPSA) is 71.5 Å². The van der Waals surface area contributed by atoms with Crippen LogP contribution in [0, 0.1) is 6.92 Å². The Bertz CT molecular complexity index is 882. The van der Waals surface area contributed by atoms with E-state index in [0.717, 1.165) is 24.2 Å². The van der Waals surface area contributed by atoms with Crippen molar-refractivity contribution in [1.29, 1.82) is 0 Å². The fourth-order valence-corrected chi connectivity index (χ4v) is 3.63. The average Bonchev–Trinajstić information content (AvgIpc) is 2.73. The first-order chi connectivity index (χ1) is 14.2. The van der Waals surface area contributed by atoms with Crippen LogP contribution in [0.25, 0.3) is 0 Å². The molecule has 0 radical (unpaired) electrons. The van der Waals surface area contributed by atoms with Gasteiger partial charge in [-0.2, -0.15) is 0 Å². The van der Waals surface area contributed by atoms with Crippen LogP contribution in [0.2, 0.25) is 0 Å². The van der Waals surface area contributed by atoms with Crippen molar-refractivity contribution in [2.45, 2.75) is 52.0 Å². The van der Waals surface area contributed by atoms with Crippen molar-refractivity contribution in [3.63, 3.8) is 0 Å². The maximum absolute atomic E-state index is 12.7. The number of carbonyl (C=O) groups excluding carboxylic acids is 2. The van der Waals surface area contributed by atoms with Gasteiger partial charge in [-0.3, -0.25) is 14.6 Å². The molecule has 1 N–H and O–H groups in total. The highest BCUT2D eigenvalue weighted by molar-refractivity contribution is 5.94. The Balaban J connectivity index is 1.50. The van der Waals surface area contributed by atoms with Crippen LogP contribution in [-0.2, 0) is 10.2 Å². The van der Waals surface area contributed by atoms with E-state index in [9.17, 15) is 9.59 Å². The lowest BCUT2D eigenvalue weighted by Gasteiger charge is -2.32. The molecule has 0 saturated carbocycles. The van der Waals surface area contributed by atoms with Crippen molar-refractivity contribution in [2.75, 3.05) is 19.7 Å². The standard InChI is InChI=1S/C24H31N3O3/c1-17-5-6-21(20(15-17)24(2,3)4)30-16-22(28)27-13-9-19(10-14-27)26-23(29)18-7-11-25-12-8-18/h5-8,11-12,15,19H,9-10,13-14,16H2,1-4H3,(H,26,29). The number of nitrogens with zero attached hydrogens (tertiary/aromatic N) is 2. The van der Waals surface area contributed by atoms with Crippen LogP contribution in [0.1, 0.15) is 55.1 Å². The Morgan fingerprint density at radius 3 is 2.43 bits per heavy atom. The molecule has 0 atom stereocenters. The number of benzene rings is 1. The summed E-state index contributed by atoms with van der Waals surface area (Å²) in [5.74, 6) is 0.648. The van der Waals surface area contributed by atoms with Crippen LogP contribution >= 0.6 is 0 Å². The molecule has 2 amide bonds. The molecule has 0 bridgehead atoms. The van der Waals surface area contributed by atoms with Gasteiger partial charge in [-0.25, -0.2) is 0 Å². The van der Waals surface area contributed by atoms with Gasteiger partial charge in [0.2, 0.25) is 0 Å². The number of pyridine rings is 1. The number of likely N-dealkylation sites (tertiary alicyclic amines) is 1. The summed E-state index contributed by atoms with van der Waals surface area (Å²) in [6.07, 6.45) is 4.69. The Hall–Kier alpha value is -2.89. The van der Waals surface area contributed by atoms with Crippen molar-refractivity contribution in [3.05, 3.63) is 59.4 Å². The van der Waals surface area contributed by atoms with Crippen molar-refractivity contribution in [1.82, 2.24) is 15.2 Å². The minimum atomic E-state index is -0.0976. The minimum Gasteiger partial charge on any atom is -0.483 e. The second kappa shape index (κ2) is 9.28. The zero-order valence-corrected chi connectivity index (χ0v) is 18.3. The van der Waals surface area contributed by atoms with E-state index in [1.54, 1.807) is 24.5 Å². The second-order valence-electron chi connectivity index (χ2n) is 8.90. The molecule has 1 aromatic carbocycles. The van der Waals surface area contributed by atoms with E-state index < -0.39 is 0 Å². The van der Waals surface area contributed by atoms with Crippen LogP contribution in [0.15, 0.2) is 42.7 Å². The summed E-state index contributed by atoms with van der Waals surface area (Å²) in [6, 6.07) is 9.54. The number of nitrogens with one attached hydrogen (secondary N) is 1. The van der Waals surface area contributed by atoms with E-state index in [1.807, 2.05) is 17.0 Å². The molecule has 6 heteroatoms. The zero-order valence-electron chi connectivity index (χ0n) is 18.3. The molecule has 0 spiro atoms. The van der Waals surface area contributed by atoms with Crippen LogP contribution in [0.3, 0.4) is 0 Å². The van der Waals surface area contributed by atoms with Crippen LogP contribution in [0.5, 0.6) is 5.75 Å². The predicted octanol–water partition coefficient (Wildman–Crippen LogP) is 3.49. The molecule has 0 aliphatic carbocycles. The van der Waals surface area contributed by atoms with E-state index in [0.29, 0.717) is 18.7 Å². The molecule has 1 aliphatic rings. The van der Waals surface area contributed by atoms with E-state index in [-0.39, 0.29) is 29.9 Å². The highest BCUT2D eigenvalue weighted by Gasteiger charge is 2.25. The summed E-state index contributed by atoms with van der Waals surface area (Å²) < 4.78 is 5.92. The van der Waals surface area contributed by atoms with Gasteiger partial charge in [-0.1, -0.05) is 38.5 Å². The quantitative estimate of drug-likeness (QED) is 0.821. The fraction of sp³-hybridized carbons (Fsp3) is 0.458. The zero-order chi connectivity index (χ0) is 21.7. The SMILES string of the molecule is Cc1ccc(OCC(=O)N2CCC(NC(=O)c3ccncc3)CC2)c(C(C)(C)C)c1. The maximum Gasteiger partial charge on any atom is 0.260 e. The number of aromatic nitrogens is 1. The first-order valence-electron chi connectivity index (χ1n) is 10.5. The van der Waals surface area contributed by atoms with Crippen molar-refractivity contribution >= 4 is 11.8 Å². The van der Waals surface area contributed by atoms with Crippen LogP contribution in [-0.4, -0.2) is 47.4 Å². The molecule has 1 aliphatic heterocycles. The van der Waals surface area contributed by atoms with Gasteiger partial charge in [0.05, 0.1) is 0 Å². The van der Waals surface area contributed by atoms with E-state index in [4.69, 9.17) is 4.74 Å². The van der Waals surface area contributed by atoms with E-state index in [1.165, 1.54) is 5.56 Å². The van der Waals surface area contributed by atoms with Gasteiger partial charge in [0.1, 0.15) is 5.75 Å². The molecule has 30 heavy (non-hydrogen) atoms. The highest BCUT2D eigenvalue weighted by atomic mass is 16.5. The monoisotopic (exact) mass is 409 g/mol. The summed E-state index contributed by atoms with van der Waals surface area (Å²) >= 11 is 0. The number of carbonyl (C=O) groups is 2. The van der Waals surface area contributed by atoms with Gasteiger partial charge in [0, 0.05) is 37.1 Å². The molecule has 2 aromatic rings. The lowest BCUT2D eigenvalue weighted by atomic mass is 9.85. The van der Waals surface area contributed by atoms with Gasteiger partial charge >= 0.3 is 0 Å². The van der Waals surface area contributed by atoms with Gasteiger partial charge in [0.25, 0.3) is 11.8 Å². The average molecular weight is 410 g/mol. The van der Waals surface area contributed by atoms with E-state index in [2.05, 4.69) is 44.1 Å². The molecule has 160 valence electrons. The van der Waals surface area contributed by atoms with Crippen molar-refractivity contribution in [2.24, 2.45) is 0 Å². The number of aryl methyl sites for hydroxylation is 1. The first-order valence-corrected chi connectivity index (χ1v) is 10.5. The number of piperidine rings is 1. The fourth-order valence-electron chi connectivity index (χ4n) is 3.63. The molecule has 0 unspecified atom stereocenters. The largest absolute Gasteiger partial charge is 0.483 e. The number of amides is 2. The summed E-state index contributed by atoms with van der Waals surface area (Å²) in [5.41, 5.74) is 2.82. The van der Waals surface area contributed by atoms with Crippen molar-refractivity contribution in [3.8, 4) is 5.75 Å². The number of rotatable bonds is 5. The third kappa shape index (κ3) is 5.59. The summed E-state index contributed by atoms with van der Waals surface area (Å²) in [4.78, 5) is 30.7. The third-order valence-corrected chi connectivity index (χ3v) is 5.42. The summed E-state index contributed by atoms with van der Waals surface area (Å²) in [7, 11) is 0. The Kier molecular flexibility index (Phi) is 6.75. The first kappa shape index (κ1) is 21.8. The Morgan fingerprint density at radius 1 is 1.13 bits per heavy atom. The lowest BCUT2D eigenvalue weighted by molar-refractivity contribution is -0.134. The Labute approximate surface area is 178 Å². The van der Waals surface area contributed by atoms with Crippen LogP contribution in [0.4, 0.5) is 0 Å². The highest BCUT2D eigenvalue weighted by Crippen LogP contribution is 2.32. The smallest absolute Gasteiger partial charge is 0.260 e. The molecule has 6 nitrogen and oxygen atoms in total. The Morgan fingerprint density at radius 2 is 1.80 bits per heavy atom. The van der Waals surface area contributed by atoms with Gasteiger partial charge in [-0.05, 0) is 48.9 Å². The van der Waals surface area contributed by atoms with Gasteiger partial charge < -0.3 is 15.0 Å². The lowest BCUT2D eigenvalue weighted by Crippen LogP contribution is -2.47. The third-order valence-electron chi connectivity index (χ3n) is 5.42. The second-order valence-corrected chi connectivity index (χ2v) is 8.90. The number of ether oxygens (including phenoxy) is 1. The summed E-state index contributed by atoms with van der Waals surface area (Å²) in [5, 5.41) is 3.05. The van der Waals surface area contributed by atoms with Gasteiger partial charge in [-0.15, -0.1) is 0 Å². The predicted molar refractivity (Wildman–Crippen MR) is 117 cm³/mol. The van der Waals surface area contributed by atoms with Gasteiger partial charge in [0.15, 0.2) is 6.61 Å². The van der Waals surface area contributed by atoms with Crippen LogP contribution < -0.4 is 10.1 Å². The van der Waals surface area contributed by atoms with Crippen molar-refractivity contribution < 1.29 is 14.3 Å². The molecular formula is C24H31N3O3. The molecule has 1 aromatic heterocycles. The summed E-state index contributed by atoms with van der Waals surface area (Å²) in [6.45, 7) is 9.74. The maximum atomic E-state index is 12.7. The molecule has 2 heterocycles. The number of hydrogen-bond acceptors (Lipinski definition) is 4. The molecule has 3 rings (SSSR count). The number of hydrogen-bond donors (Lipinski definition) is 1. The normalized spacial score (nSPS) is 15.0.